The third kappa shape index (κ3) is 11.5. The van der Waals surface area contributed by atoms with E-state index in [1.807, 2.05) is 121 Å². The molecule has 0 radical (unpaired) electrons. The third-order valence-electron chi connectivity index (χ3n) is 8.69. The van der Waals surface area contributed by atoms with Gasteiger partial charge >= 0.3 is 20.2 Å². The second-order valence-corrected chi connectivity index (χ2v) is 16.4. The lowest BCUT2D eigenvalue weighted by molar-refractivity contribution is 0.385. The molecule has 0 atom stereocenters. The number of hydrogen-bond donors (Lipinski definition) is 6. The second kappa shape index (κ2) is 19.6. The van der Waals surface area contributed by atoms with E-state index >= 15 is 0 Å². The summed E-state index contributed by atoms with van der Waals surface area (Å²) in [6.07, 6.45) is 3.16. The van der Waals surface area contributed by atoms with Crippen LogP contribution in [0.25, 0.3) is 12.2 Å². The van der Waals surface area contributed by atoms with Crippen LogP contribution in [0.15, 0.2) is 180 Å². The normalized spacial score (nSPS) is 11.4. The summed E-state index contributed by atoms with van der Waals surface area (Å²) in [6, 6.07) is 48.5. The molecule has 0 unspecified atom stereocenters. The van der Waals surface area contributed by atoms with Gasteiger partial charge in [-0.1, -0.05) is 115 Å². The topological polar surface area (TPSA) is 236 Å². The molecular formula is C44H36N12O6S2. The zero-order valence-corrected chi connectivity index (χ0v) is 34.9. The molecule has 8 rings (SSSR count). The minimum Gasteiger partial charge on any atom is -0.324 e. The van der Waals surface area contributed by atoms with Gasteiger partial charge in [-0.25, -0.2) is 11.0 Å². The molecule has 0 saturated carbocycles. The Hall–Kier alpha value is -8.30. The molecule has 0 aliphatic carbocycles. The Kier molecular flexibility index (Phi) is 13.0. The van der Waals surface area contributed by atoms with E-state index in [0.29, 0.717) is 28.3 Å². The molecule has 0 aliphatic heterocycles. The highest BCUT2D eigenvalue weighted by Gasteiger charge is 2.21. The van der Waals surface area contributed by atoms with Crippen molar-refractivity contribution in [1.29, 1.82) is 0 Å². The van der Waals surface area contributed by atoms with Gasteiger partial charge in [0.1, 0.15) is 4.90 Å². The zero-order chi connectivity index (χ0) is 44.2. The summed E-state index contributed by atoms with van der Waals surface area (Å²) in [5.74, 6) is 0.0944. The Labute approximate surface area is 367 Å². The Morgan fingerprint density at radius 3 is 1.11 bits per heavy atom. The molecule has 64 heavy (non-hydrogen) atoms. The Morgan fingerprint density at radius 2 is 0.703 bits per heavy atom. The maximum atomic E-state index is 13.6. The number of nitrogens with one attached hydrogen (secondary N) is 6. The van der Waals surface area contributed by atoms with Gasteiger partial charge < -0.3 is 21.3 Å². The maximum Gasteiger partial charge on any atom is 0.318 e. The SMILES string of the molecule is O=S(=O)(ONc1nc(Nc2ccccc2)nc(Nc2ccccc2)n1)c1ccc(C=Cc2ccccc2S(=O)(=O)ONc2nc(Nc3ccccc3)nc(Nc3ccccc3)n2)cc1. The van der Waals surface area contributed by atoms with Crippen LogP contribution in [0.4, 0.5) is 58.4 Å². The lowest BCUT2D eigenvalue weighted by Gasteiger charge is -2.12. The number of benzene rings is 6. The fourth-order valence-corrected chi connectivity index (χ4v) is 7.42. The summed E-state index contributed by atoms with van der Waals surface area (Å²) in [5.41, 5.74) is 8.27. The van der Waals surface area contributed by atoms with Crippen molar-refractivity contribution in [2.45, 2.75) is 9.79 Å². The van der Waals surface area contributed by atoms with Gasteiger partial charge in [0.15, 0.2) is 0 Å². The molecule has 6 N–H and O–H groups in total. The zero-order valence-electron chi connectivity index (χ0n) is 33.3. The largest absolute Gasteiger partial charge is 0.324 e. The van der Waals surface area contributed by atoms with Gasteiger partial charge in [0.2, 0.25) is 23.8 Å². The van der Waals surface area contributed by atoms with Gasteiger partial charge in [0, 0.05) is 22.7 Å². The van der Waals surface area contributed by atoms with Crippen LogP contribution in [-0.2, 0) is 28.8 Å². The highest BCUT2D eigenvalue weighted by molar-refractivity contribution is 7.87. The van der Waals surface area contributed by atoms with E-state index in [-0.39, 0.29) is 51.0 Å². The summed E-state index contributed by atoms with van der Waals surface area (Å²) >= 11 is 0. The molecule has 18 nitrogen and oxygen atoms in total. The second-order valence-electron chi connectivity index (χ2n) is 13.3. The quantitative estimate of drug-likeness (QED) is 0.0349. The molecule has 320 valence electrons. The predicted molar refractivity (Wildman–Crippen MR) is 244 cm³/mol. The molecule has 6 aromatic carbocycles. The van der Waals surface area contributed by atoms with Crippen LogP contribution in [-0.4, -0.2) is 46.7 Å². The van der Waals surface area contributed by atoms with E-state index in [0.717, 1.165) is 0 Å². The van der Waals surface area contributed by atoms with Crippen LogP contribution in [0.1, 0.15) is 11.1 Å². The summed E-state index contributed by atoms with van der Waals surface area (Å²) < 4.78 is 64.1. The molecule has 0 bridgehead atoms. The third-order valence-corrected chi connectivity index (χ3v) is 11.1. The van der Waals surface area contributed by atoms with Crippen LogP contribution in [0, 0.1) is 0 Å². The standard InChI is InChI=1S/C44H36N12O6S2/c57-63(58,61-55-43-51-39(45-33-16-5-1-6-17-33)49-40(52-43)46-34-18-7-2-8-19-34)37-29-26-31(27-30-37)25-28-32-15-13-14-24-38(32)64(59,60)62-56-44-53-41(47-35-20-9-3-10-21-35)50-42(54-44)48-36-22-11-4-12-23-36/h1-30H,(H3,45,46,49,51,52,55)(H3,47,48,50,53,54,56). The summed E-state index contributed by atoms with van der Waals surface area (Å²) in [6.45, 7) is 0. The van der Waals surface area contributed by atoms with Crippen LogP contribution in [0.5, 0.6) is 0 Å². The van der Waals surface area contributed by atoms with Gasteiger partial charge in [-0.05, 0) is 77.9 Å². The van der Waals surface area contributed by atoms with E-state index in [9.17, 15) is 16.8 Å². The molecule has 0 spiro atoms. The van der Waals surface area contributed by atoms with E-state index in [1.165, 1.54) is 30.3 Å². The van der Waals surface area contributed by atoms with Crippen molar-refractivity contribution < 1.29 is 25.4 Å². The molecule has 0 aliphatic rings. The van der Waals surface area contributed by atoms with Crippen molar-refractivity contribution in [3.05, 3.63) is 181 Å². The summed E-state index contributed by atoms with van der Waals surface area (Å²) in [4.78, 5) is 25.6. The highest BCUT2D eigenvalue weighted by Crippen LogP contribution is 2.25. The number of anilines is 10. The minimum atomic E-state index is -4.46. The Balaban J connectivity index is 0.940. The van der Waals surface area contributed by atoms with Gasteiger partial charge in [0.25, 0.3) is 11.9 Å². The summed E-state index contributed by atoms with van der Waals surface area (Å²) in [7, 11) is -8.84. The molecule has 0 amide bonds. The first-order valence-corrected chi connectivity index (χ1v) is 22.0. The molecule has 2 heterocycles. The van der Waals surface area contributed by atoms with Crippen molar-refractivity contribution in [3.63, 3.8) is 0 Å². The van der Waals surface area contributed by atoms with Crippen LogP contribution in [0.2, 0.25) is 0 Å². The van der Waals surface area contributed by atoms with Gasteiger partial charge in [-0.3, -0.25) is 0 Å². The van der Waals surface area contributed by atoms with E-state index < -0.39 is 20.2 Å². The number of hydrogen-bond acceptors (Lipinski definition) is 18. The molecule has 20 heteroatoms. The predicted octanol–water partition coefficient (Wildman–Crippen LogP) is 8.67. The maximum absolute atomic E-state index is 13.6. The number of aromatic nitrogens is 6. The van der Waals surface area contributed by atoms with Gasteiger partial charge in [-0.15, -0.1) is 8.57 Å². The fourth-order valence-electron chi connectivity index (χ4n) is 5.72. The van der Waals surface area contributed by atoms with Crippen molar-refractivity contribution in [3.8, 4) is 0 Å². The van der Waals surface area contributed by atoms with Crippen LogP contribution < -0.4 is 32.2 Å². The monoisotopic (exact) mass is 892 g/mol. The number of rotatable bonds is 18. The van der Waals surface area contributed by atoms with Crippen molar-refractivity contribution in [2.75, 3.05) is 32.2 Å². The fraction of sp³-hybridized carbons (Fsp3) is 0. The van der Waals surface area contributed by atoms with Crippen LogP contribution >= 0.6 is 0 Å². The molecule has 2 aromatic heterocycles. The lowest BCUT2D eigenvalue weighted by atomic mass is 10.1. The van der Waals surface area contributed by atoms with Gasteiger partial charge in [0.05, 0.1) is 4.90 Å². The molecular weight excluding hydrogens is 857 g/mol. The average molecular weight is 893 g/mol. The molecule has 8 aromatic rings. The Bertz CT molecular complexity index is 2970. The van der Waals surface area contributed by atoms with Gasteiger partial charge in [-0.2, -0.15) is 46.7 Å². The average Bonchev–Trinajstić information content (AvgIpc) is 3.31. The highest BCUT2D eigenvalue weighted by atomic mass is 32.2. The number of para-hydroxylation sites is 4. The van der Waals surface area contributed by atoms with Crippen molar-refractivity contribution in [2.24, 2.45) is 0 Å². The minimum absolute atomic E-state index is 0.118. The lowest BCUT2D eigenvalue weighted by Crippen LogP contribution is -2.16. The number of nitrogens with zero attached hydrogens (tertiary/aromatic N) is 6. The Morgan fingerprint density at radius 1 is 0.359 bits per heavy atom. The van der Waals surface area contributed by atoms with Crippen molar-refractivity contribution in [1.82, 2.24) is 29.9 Å². The van der Waals surface area contributed by atoms with E-state index in [2.05, 4.69) is 62.1 Å². The first kappa shape index (κ1) is 42.4. The summed E-state index contributed by atoms with van der Waals surface area (Å²) in [5, 5.41) is 12.3. The molecule has 0 fully saturated rings. The van der Waals surface area contributed by atoms with Crippen molar-refractivity contribution >= 4 is 90.8 Å². The first-order valence-electron chi connectivity index (χ1n) is 19.2. The van der Waals surface area contributed by atoms with Crippen LogP contribution in [0.3, 0.4) is 0 Å². The van der Waals surface area contributed by atoms with E-state index in [1.54, 1.807) is 30.4 Å². The molecule has 0 saturated heterocycles. The first-order chi connectivity index (χ1) is 31.1. The smallest absolute Gasteiger partial charge is 0.318 e. The van der Waals surface area contributed by atoms with E-state index in [4.69, 9.17) is 8.57 Å².